The number of hydrogen-bond donors (Lipinski definition) is 4. The van der Waals surface area contributed by atoms with Gasteiger partial charge in [0.15, 0.2) is 10.4 Å². The Hall–Kier alpha value is -3.57. The summed E-state index contributed by atoms with van der Waals surface area (Å²) in [6.45, 7) is 1.22. The van der Waals surface area contributed by atoms with E-state index < -0.39 is 10.9 Å². The second-order valence-electron chi connectivity index (χ2n) is 7.63. The van der Waals surface area contributed by atoms with Gasteiger partial charge in [-0.05, 0) is 55.5 Å². The van der Waals surface area contributed by atoms with Gasteiger partial charge in [-0.1, -0.05) is 0 Å². The van der Waals surface area contributed by atoms with E-state index in [1.807, 2.05) is 0 Å². The second kappa shape index (κ2) is 10.4. The number of hydrogen-bond acceptors (Lipinski definition) is 8. The molecule has 1 unspecified atom stereocenters. The minimum absolute atomic E-state index is 0.109. The summed E-state index contributed by atoms with van der Waals surface area (Å²) in [7, 11) is 0. The summed E-state index contributed by atoms with van der Waals surface area (Å²) >= 11 is 8.20. The Morgan fingerprint density at radius 2 is 1.89 bits per heavy atom. The molecule has 0 saturated heterocycles. The Morgan fingerprint density at radius 1 is 1.14 bits per heavy atom. The number of pyridine rings is 3. The fourth-order valence-electron chi connectivity index (χ4n) is 3.47. The lowest BCUT2D eigenvalue weighted by Crippen LogP contribution is -2.23. The quantitative estimate of drug-likeness (QED) is 0.124. The van der Waals surface area contributed by atoms with Crippen LogP contribution >= 0.6 is 25.3 Å². The molecule has 11 heteroatoms. The third-order valence-electron chi connectivity index (χ3n) is 5.05. The van der Waals surface area contributed by atoms with Gasteiger partial charge in [-0.15, -0.1) is 25.3 Å². The summed E-state index contributed by atoms with van der Waals surface area (Å²) in [6, 6.07) is 15.0. The SMILES string of the molecule is CC(F)COc1ccc2cc(-c3ccc(=N)n(C=N)c3)c(=O)n(-c3ccc(OC(S)S)cc3)c2n1. The minimum atomic E-state index is -1.17. The first-order valence-electron chi connectivity index (χ1n) is 10.5. The van der Waals surface area contributed by atoms with Crippen LogP contribution in [0.3, 0.4) is 0 Å². The summed E-state index contributed by atoms with van der Waals surface area (Å²) in [5.41, 5.74) is 1.47. The van der Waals surface area contributed by atoms with Crippen LogP contribution in [0.15, 0.2) is 65.6 Å². The molecule has 1 atom stereocenters. The van der Waals surface area contributed by atoms with Crippen LogP contribution in [0.2, 0.25) is 0 Å². The number of alkyl halides is 1. The molecule has 0 radical (unpaired) electrons. The van der Waals surface area contributed by atoms with Crippen molar-refractivity contribution < 1.29 is 13.9 Å². The molecule has 2 N–H and O–H groups in total. The third kappa shape index (κ3) is 5.41. The topological polar surface area (TPSA) is 106 Å². The lowest BCUT2D eigenvalue weighted by atomic mass is 10.1. The Balaban J connectivity index is 1.94. The first-order chi connectivity index (χ1) is 16.8. The van der Waals surface area contributed by atoms with E-state index >= 15 is 0 Å². The maximum absolute atomic E-state index is 13.8. The minimum Gasteiger partial charge on any atom is -0.475 e. The van der Waals surface area contributed by atoms with Gasteiger partial charge in [0, 0.05) is 28.8 Å². The van der Waals surface area contributed by atoms with Crippen molar-refractivity contribution in [3.8, 4) is 28.4 Å². The molecule has 8 nitrogen and oxygen atoms in total. The largest absolute Gasteiger partial charge is 0.475 e. The van der Waals surface area contributed by atoms with Crippen LogP contribution in [-0.2, 0) is 0 Å². The van der Waals surface area contributed by atoms with Gasteiger partial charge in [-0.2, -0.15) is 4.98 Å². The Bertz CT molecular complexity index is 1500. The molecule has 0 bridgehead atoms. The molecule has 0 fully saturated rings. The molecule has 0 aliphatic carbocycles. The number of thiol groups is 2. The van der Waals surface area contributed by atoms with E-state index in [9.17, 15) is 9.18 Å². The van der Waals surface area contributed by atoms with E-state index in [1.54, 1.807) is 54.7 Å². The molecule has 0 saturated carbocycles. The van der Waals surface area contributed by atoms with Crippen molar-refractivity contribution in [2.75, 3.05) is 6.61 Å². The number of fused-ring (bicyclic) bond motifs is 1. The average Bonchev–Trinajstić information content (AvgIpc) is 2.83. The number of ether oxygens (including phenoxy) is 2. The molecular formula is C24H22FN5O3S2. The predicted molar refractivity (Wildman–Crippen MR) is 139 cm³/mol. The fraction of sp³-hybridized carbons (Fsp3) is 0.167. The summed E-state index contributed by atoms with van der Waals surface area (Å²) in [5, 5.41) is 16.1. The van der Waals surface area contributed by atoms with Crippen LogP contribution in [0.25, 0.3) is 27.8 Å². The molecule has 0 spiro atoms. The number of halogens is 1. The molecular weight excluding hydrogens is 489 g/mol. The van der Waals surface area contributed by atoms with Crippen molar-refractivity contribution in [2.24, 2.45) is 0 Å². The van der Waals surface area contributed by atoms with Crippen LogP contribution in [0.4, 0.5) is 4.39 Å². The highest BCUT2D eigenvalue weighted by Crippen LogP contribution is 2.25. The predicted octanol–water partition coefficient (Wildman–Crippen LogP) is 4.05. The molecule has 0 aliphatic rings. The summed E-state index contributed by atoms with van der Waals surface area (Å²) < 4.78 is 26.3. The van der Waals surface area contributed by atoms with Crippen LogP contribution in [0.5, 0.6) is 11.6 Å². The third-order valence-corrected chi connectivity index (χ3v) is 5.26. The first kappa shape index (κ1) is 24.6. The Labute approximate surface area is 210 Å². The van der Waals surface area contributed by atoms with E-state index in [2.05, 4.69) is 30.2 Å². The molecule has 3 aromatic heterocycles. The number of benzene rings is 1. The van der Waals surface area contributed by atoms with E-state index in [0.717, 1.165) is 6.34 Å². The van der Waals surface area contributed by atoms with E-state index in [4.69, 9.17) is 20.3 Å². The molecule has 1 aromatic carbocycles. The van der Waals surface area contributed by atoms with Crippen LogP contribution in [-0.4, -0.2) is 38.0 Å². The van der Waals surface area contributed by atoms with Crippen molar-refractivity contribution in [1.29, 1.82) is 10.8 Å². The lowest BCUT2D eigenvalue weighted by Gasteiger charge is -2.15. The van der Waals surface area contributed by atoms with Gasteiger partial charge < -0.3 is 9.47 Å². The fourth-order valence-corrected chi connectivity index (χ4v) is 3.72. The standard InChI is InChI=1S/C24H22FN5O3S2/c1-14(25)12-32-21-9-3-15-10-19(16-2-8-20(27)29(11-16)13-26)23(31)30(22(15)28-21)17-4-6-18(7-5-17)33-24(34)35/h2-11,13-14,24,26-27,34-35H,12H2,1H3. The smallest absolute Gasteiger partial charge is 0.264 e. The van der Waals surface area contributed by atoms with Crippen molar-refractivity contribution in [1.82, 2.24) is 14.1 Å². The molecule has 0 amide bonds. The highest BCUT2D eigenvalue weighted by molar-refractivity contribution is 7.98. The molecule has 0 aliphatic heterocycles. The zero-order chi connectivity index (χ0) is 25.1. The Morgan fingerprint density at radius 3 is 2.54 bits per heavy atom. The second-order valence-corrected chi connectivity index (χ2v) is 8.98. The number of nitrogens with zero attached hydrogens (tertiary/aromatic N) is 3. The first-order valence-corrected chi connectivity index (χ1v) is 11.5. The average molecular weight is 512 g/mol. The van der Waals surface area contributed by atoms with Gasteiger partial charge in [0.25, 0.3) is 5.56 Å². The van der Waals surface area contributed by atoms with E-state index in [0.29, 0.717) is 33.6 Å². The molecule has 180 valence electrons. The highest BCUT2D eigenvalue weighted by atomic mass is 32.2. The summed E-state index contributed by atoms with van der Waals surface area (Å²) in [4.78, 5) is 18.2. The summed E-state index contributed by atoms with van der Waals surface area (Å²) in [5.74, 6) is 0.709. The van der Waals surface area contributed by atoms with Crippen molar-refractivity contribution in [3.05, 3.63) is 76.6 Å². The normalized spacial score (nSPS) is 12.0. The maximum Gasteiger partial charge on any atom is 0.264 e. The summed E-state index contributed by atoms with van der Waals surface area (Å²) in [6.07, 6.45) is 1.37. The molecule has 35 heavy (non-hydrogen) atoms. The van der Waals surface area contributed by atoms with Gasteiger partial charge in [0.05, 0.1) is 12.0 Å². The number of rotatable bonds is 8. The Kier molecular flexibility index (Phi) is 7.27. The maximum atomic E-state index is 13.8. The molecule has 4 aromatic rings. The van der Waals surface area contributed by atoms with Gasteiger partial charge >= 0.3 is 0 Å². The number of aromatic nitrogens is 3. The van der Waals surface area contributed by atoms with Crippen molar-refractivity contribution in [3.63, 3.8) is 0 Å². The van der Waals surface area contributed by atoms with E-state index in [-0.39, 0.29) is 23.5 Å². The zero-order valence-electron chi connectivity index (χ0n) is 18.6. The highest BCUT2D eigenvalue weighted by Gasteiger charge is 2.16. The molecule has 3 heterocycles. The van der Waals surface area contributed by atoms with Crippen LogP contribution in [0, 0.1) is 10.8 Å². The lowest BCUT2D eigenvalue weighted by molar-refractivity contribution is 0.204. The van der Waals surface area contributed by atoms with Crippen molar-refractivity contribution >= 4 is 42.6 Å². The zero-order valence-corrected chi connectivity index (χ0v) is 20.3. The molecule has 4 rings (SSSR count). The van der Waals surface area contributed by atoms with Gasteiger partial charge in [0.2, 0.25) is 5.88 Å². The van der Waals surface area contributed by atoms with Gasteiger partial charge in [-0.3, -0.25) is 24.7 Å². The number of nitrogens with one attached hydrogen (secondary N) is 2. The van der Waals surface area contributed by atoms with Crippen LogP contribution < -0.4 is 20.5 Å². The monoisotopic (exact) mass is 511 g/mol. The van der Waals surface area contributed by atoms with Gasteiger partial charge in [0.1, 0.15) is 24.0 Å². The van der Waals surface area contributed by atoms with Gasteiger partial charge in [-0.25, -0.2) is 4.39 Å². The van der Waals surface area contributed by atoms with Crippen molar-refractivity contribution in [2.45, 2.75) is 17.9 Å². The van der Waals surface area contributed by atoms with Crippen LogP contribution in [0.1, 0.15) is 6.92 Å². The van der Waals surface area contributed by atoms with E-state index in [1.165, 1.54) is 22.1 Å².